The van der Waals surface area contributed by atoms with Gasteiger partial charge in [-0.3, -0.25) is 0 Å². The largest absolute Gasteiger partial charge is 0.416 e. The topological polar surface area (TPSA) is 12.0 Å². The van der Waals surface area contributed by atoms with Crippen LogP contribution in [0.2, 0.25) is 0 Å². The Morgan fingerprint density at radius 2 is 1.63 bits per heavy atom. The van der Waals surface area contributed by atoms with Crippen molar-refractivity contribution < 1.29 is 13.2 Å². The van der Waals surface area contributed by atoms with Crippen molar-refractivity contribution in [1.29, 1.82) is 0 Å². The van der Waals surface area contributed by atoms with Crippen molar-refractivity contribution in [3.63, 3.8) is 0 Å². The van der Waals surface area contributed by atoms with Gasteiger partial charge in [-0.1, -0.05) is 32.9 Å². The molecule has 0 aromatic heterocycles. The Bertz CT molecular complexity index is 368. The molecule has 0 aliphatic carbocycles. The van der Waals surface area contributed by atoms with Crippen LogP contribution < -0.4 is 5.32 Å². The van der Waals surface area contributed by atoms with Crippen LogP contribution >= 0.6 is 0 Å². The lowest BCUT2D eigenvalue weighted by molar-refractivity contribution is -0.137. The number of benzene rings is 1. The van der Waals surface area contributed by atoms with E-state index in [4.69, 9.17) is 0 Å². The molecule has 0 amide bonds. The molecule has 0 aliphatic rings. The van der Waals surface area contributed by atoms with E-state index in [0.29, 0.717) is 5.92 Å². The second-order valence-electron chi connectivity index (χ2n) is 5.41. The van der Waals surface area contributed by atoms with Crippen LogP contribution in [0.3, 0.4) is 0 Å². The van der Waals surface area contributed by atoms with Crippen molar-refractivity contribution in [2.45, 2.75) is 39.3 Å². The summed E-state index contributed by atoms with van der Waals surface area (Å²) in [4.78, 5) is 0. The highest BCUT2D eigenvalue weighted by Gasteiger charge is 2.30. The first-order chi connectivity index (χ1) is 8.80. The maximum absolute atomic E-state index is 12.4. The summed E-state index contributed by atoms with van der Waals surface area (Å²) in [5.41, 5.74) is 0.376. The van der Waals surface area contributed by atoms with Crippen LogP contribution in [0.15, 0.2) is 24.3 Å². The lowest BCUT2D eigenvalue weighted by Gasteiger charge is -2.14. The third-order valence-electron chi connectivity index (χ3n) is 3.11. The van der Waals surface area contributed by atoms with Crippen LogP contribution in [-0.2, 0) is 6.18 Å². The number of hydrogen-bond donors (Lipinski definition) is 1. The normalized spacial score (nSPS) is 13.8. The monoisotopic (exact) mass is 273 g/mol. The van der Waals surface area contributed by atoms with E-state index < -0.39 is 11.7 Å². The van der Waals surface area contributed by atoms with Crippen molar-refractivity contribution >= 4 is 0 Å². The summed E-state index contributed by atoms with van der Waals surface area (Å²) in [6.45, 7) is 8.19. The van der Waals surface area contributed by atoms with Gasteiger partial charge in [-0.25, -0.2) is 0 Å². The zero-order valence-electron chi connectivity index (χ0n) is 11.7. The van der Waals surface area contributed by atoms with Crippen molar-refractivity contribution in [3.8, 4) is 0 Å². The Morgan fingerprint density at radius 1 is 1.05 bits per heavy atom. The standard InChI is InChI=1S/C15H22F3N/c1-11(2)10-19-9-8-12(3)13-4-6-14(7-5-13)15(16,17)18/h4-7,11-12,19H,8-10H2,1-3H3. The smallest absolute Gasteiger partial charge is 0.316 e. The van der Waals surface area contributed by atoms with Gasteiger partial charge < -0.3 is 5.32 Å². The van der Waals surface area contributed by atoms with E-state index in [0.717, 1.165) is 37.2 Å². The third kappa shape index (κ3) is 5.64. The molecule has 0 fully saturated rings. The molecular formula is C15H22F3N. The molecule has 0 radical (unpaired) electrons. The van der Waals surface area contributed by atoms with Gasteiger partial charge in [0.05, 0.1) is 5.56 Å². The van der Waals surface area contributed by atoms with Crippen LogP contribution in [0, 0.1) is 5.92 Å². The highest BCUT2D eigenvalue weighted by Crippen LogP contribution is 2.30. The summed E-state index contributed by atoms with van der Waals surface area (Å²) >= 11 is 0. The average molecular weight is 273 g/mol. The first-order valence-electron chi connectivity index (χ1n) is 6.68. The number of alkyl halides is 3. The lowest BCUT2D eigenvalue weighted by atomic mass is 9.96. The summed E-state index contributed by atoms with van der Waals surface area (Å²) in [6, 6.07) is 5.48. The second-order valence-corrected chi connectivity index (χ2v) is 5.41. The van der Waals surface area contributed by atoms with E-state index in [-0.39, 0.29) is 5.92 Å². The molecule has 4 heteroatoms. The zero-order chi connectivity index (χ0) is 14.5. The predicted octanol–water partition coefficient (Wildman–Crippen LogP) is 4.44. The van der Waals surface area contributed by atoms with Crippen LogP contribution in [0.4, 0.5) is 13.2 Å². The summed E-state index contributed by atoms with van der Waals surface area (Å²) in [5, 5.41) is 3.34. The number of rotatable bonds is 6. The van der Waals surface area contributed by atoms with Gasteiger partial charge in [0.2, 0.25) is 0 Å². The van der Waals surface area contributed by atoms with E-state index in [2.05, 4.69) is 19.2 Å². The van der Waals surface area contributed by atoms with Gasteiger partial charge in [-0.15, -0.1) is 0 Å². The van der Waals surface area contributed by atoms with Crippen molar-refractivity contribution in [2.24, 2.45) is 5.92 Å². The van der Waals surface area contributed by atoms with Gasteiger partial charge in [0.25, 0.3) is 0 Å². The first-order valence-corrected chi connectivity index (χ1v) is 6.68. The molecule has 0 aliphatic heterocycles. The Morgan fingerprint density at radius 3 is 2.11 bits per heavy atom. The summed E-state index contributed by atoms with van der Waals surface area (Å²) in [5.74, 6) is 0.878. The molecule has 1 aromatic rings. The van der Waals surface area contributed by atoms with Crippen LogP contribution in [0.1, 0.15) is 44.2 Å². The molecule has 1 N–H and O–H groups in total. The van der Waals surface area contributed by atoms with E-state index in [9.17, 15) is 13.2 Å². The minimum Gasteiger partial charge on any atom is -0.316 e. The minimum atomic E-state index is -4.25. The van der Waals surface area contributed by atoms with Gasteiger partial charge in [0.15, 0.2) is 0 Å². The molecule has 1 aromatic carbocycles. The van der Waals surface area contributed by atoms with Gasteiger partial charge in [-0.05, 0) is 49.0 Å². The molecule has 19 heavy (non-hydrogen) atoms. The number of hydrogen-bond acceptors (Lipinski definition) is 1. The van der Waals surface area contributed by atoms with E-state index in [1.807, 2.05) is 6.92 Å². The molecule has 1 nitrogen and oxygen atoms in total. The van der Waals surface area contributed by atoms with Crippen molar-refractivity contribution in [2.75, 3.05) is 13.1 Å². The summed E-state index contributed by atoms with van der Waals surface area (Å²) in [7, 11) is 0. The molecule has 0 bridgehead atoms. The molecule has 0 heterocycles. The Labute approximate surface area is 113 Å². The number of nitrogens with one attached hydrogen (secondary N) is 1. The van der Waals surface area contributed by atoms with Gasteiger partial charge in [-0.2, -0.15) is 13.2 Å². The quantitative estimate of drug-likeness (QED) is 0.755. The SMILES string of the molecule is CC(C)CNCCC(C)c1ccc(C(F)(F)F)cc1. The molecule has 0 spiro atoms. The van der Waals surface area contributed by atoms with Gasteiger partial charge in [0.1, 0.15) is 0 Å². The fourth-order valence-corrected chi connectivity index (χ4v) is 1.88. The fourth-order valence-electron chi connectivity index (χ4n) is 1.88. The van der Waals surface area contributed by atoms with Crippen LogP contribution in [-0.4, -0.2) is 13.1 Å². The maximum Gasteiger partial charge on any atom is 0.416 e. The van der Waals surface area contributed by atoms with E-state index in [1.54, 1.807) is 12.1 Å². The first kappa shape index (κ1) is 16.0. The molecule has 1 unspecified atom stereocenters. The van der Waals surface area contributed by atoms with Crippen LogP contribution in [0.25, 0.3) is 0 Å². The maximum atomic E-state index is 12.4. The van der Waals surface area contributed by atoms with E-state index in [1.165, 1.54) is 0 Å². The lowest BCUT2D eigenvalue weighted by Crippen LogP contribution is -2.21. The van der Waals surface area contributed by atoms with Crippen molar-refractivity contribution in [3.05, 3.63) is 35.4 Å². The van der Waals surface area contributed by atoms with Gasteiger partial charge >= 0.3 is 6.18 Å². The average Bonchev–Trinajstić information content (AvgIpc) is 2.33. The predicted molar refractivity (Wildman–Crippen MR) is 72.2 cm³/mol. The summed E-state index contributed by atoms with van der Waals surface area (Å²) < 4.78 is 37.3. The van der Waals surface area contributed by atoms with Crippen LogP contribution in [0.5, 0.6) is 0 Å². The highest BCUT2D eigenvalue weighted by molar-refractivity contribution is 5.26. The highest BCUT2D eigenvalue weighted by atomic mass is 19.4. The molecular weight excluding hydrogens is 251 g/mol. The number of halogens is 3. The molecule has 108 valence electrons. The minimum absolute atomic E-state index is 0.266. The van der Waals surface area contributed by atoms with Crippen molar-refractivity contribution in [1.82, 2.24) is 5.32 Å². The molecule has 1 atom stereocenters. The van der Waals surface area contributed by atoms with E-state index >= 15 is 0 Å². The molecule has 0 saturated heterocycles. The zero-order valence-corrected chi connectivity index (χ0v) is 11.7. The third-order valence-corrected chi connectivity index (χ3v) is 3.11. The Kier molecular flexibility index (Phi) is 5.85. The molecule has 1 rings (SSSR count). The molecule has 0 saturated carbocycles. The van der Waals surface area contributed by atoms with Gasteiger partial charge in [0, 0.05) is 0 Å². The fraction of sp³-hybridized carbons (Fsp3) is 0.600. The Hall–Kier alpha value is -1.03. The second kappa shape index (κ2) is 6.94. The Balaban J connectivity index is 2.47. The summed E-state index contributed by atoms with van der Waals surface area (Å²) in [6.07, 6.45) is -3.32.